The zero-order chi connectivity index (χ0) is 14.1. The molecule has 2 aromatic rings. The number of nitrogens with one attached hydrogen (secondary N) is 1. The van der Waals surface area contributed by atoms with Crippen LogP contribution in [0.3, 0.4) is 0 Å². The number of para-hydroxylation sites is 1. The molecule has 1 N–H and O–H groups in total. The third kappa shape index (κ3) is 2.39. The molecule has 20 heavy (non-hydrogen) atoms. The van der Waals surface area contributed by atoms with Crippen molar-refractivity contribution in [2.24, 2.45) is 7.05 Å². The molecule has 3 rings (SSSR count). The van der Waals surface area contributed by atoms with Gasteiger partial charge in [0.25, 0.3) is 5.91 Å². The van der Waals surface area contributed by atoms with Crippen LogP contribution in [0.1, 0.15) is 21.6 Å². The van der Waals surface area contributed by atoms with Crippen LogP contribution in [0.5, 0.6) is 5.75 Å². The number of amides is 1. The largest absolute Gasteiger partial charge is 0.488 e. The standard InChI is InChI=1S/C15H17N3O2/c1-10-9-18(2)17-14(10)15(19)16-8-12-7-11-5-3-4-6-13(11)20-12/h3-6,9,12H,7-8H2,1-2H3,(H,16,19). The van der Waals surface area contributed by atoms with Gasteiger partial charge >= 0.3 is 0 Å². The molecule has 1 atom stereocenters. The van der Waals surface area contributed by atoms with Gasteiger partial charge in [-0.25, -0.2) is 0 Å². The highest BCUT2D eigenvalue weighted by molar-refractivity contribution is 5.93. The maximum absolute atomic E-state index is 12.1. The zero-order valence-corrected chi connectivity index (χ0v) is 11.6. The summed E-state index contributed by atoms with van der Waals surface area (Å²) in [5.74, 6) is 0.767. The number of rotatable bonds is 3. The third-order valence-corrected chi connectivity index (χ3v) is 3.43. The molecule has 0 aliphatic carbocycles. The van der Waals surface area contributed by atoms with Gasteiger partial charge in [0.2, 0.25) is 0 Å². The summed E-state index contributed by atoms with van der Waals surface area (Å²) in [4.78, 5) is 12.1. The molecule has 1 amide bonds. The Balaban J connectivity index is 1.59. The lowest BCUT2D eigenvalue weighted by Gasteiger charge is -2.11. The van der Waals surface area contributed by atoms with E-state index in [0.29, 0.717) is 12.2 Å². The number of hydrogen-bond acceptors (Lipinski definition) is 3. The van der Waals surface area contributed by atoms with E-state index in [1.54, 1.807) is 11.7 Å². The second-order valence-corrected chi connectivity index (χ2v) is 5.10. The lowest BCUT2D eigenvalue weighted by atomic mass is 10.1. The van der Waals surface area contributed by atoms with Crippen LogP contribution in [0, 0.1) is 6.92 Å². The van der Waals surface area contributed by atoms with Crippen molar-refractivity contribution in [1.29, 1.82) is 0 Å². The maximum atomic E-state index is 12.1. The number of aryl methyl sites for hydroxylation is 2. The van der Waals surface area contributed by atoms with Crippen molar-refractivity contribution < 1.29 is 9.53 Å². The molecule has 0 saturated carbocycles. The van der Waals surface area contributed by atoms with E-state index in [0.717, 1.165) is 17.7 Å². The summed E-state index contributed by atoms with van der Waals surface area (Å²) in [7, 11) is 1.81. The lowest BCUT2D eigenvalue weighted by molar-refractivity contribution is 0.0927. The number of benzene rings is 1. The van der Waals surface area contributed by atoms with Gasteiger partial charge in [0.1, 0.15) is 11.9 Å². The van der Waals surface area contributed by atoms with Crippen LogP contribution in [0.4, 0.5) is 0 Å². The monoisotopic (exact) mass is 271 g/mol. The first kappa shape index (κ1) is 12.7. The Hall–Kier alpha value is -2.30. The molecular formula is C15H17N3O2. The molecule has 5 heteroatoms. The van der Waals surface area contributed by atoms with Crippen molar-refractivity contribution in [3.63, 3.8) is 0 Å². The smallest absolute Gasteiger partial charge is 0.272 e. The van der Waals surface area contributed by atoms with Crippen LogP contribution in [0.2, 0.25) is 0 Å². The molecule has 0 radical (unpaired) electrons. The number of fused-ring (bicyclic) bond motifs is 1. The van der Waals surface area contributed by atoms with E-state index in [4.69, 9.17) is 4.74 Å². The van der Waals surface area contributed by atoms with Crippen LogP contribution in [-0.4, -0.2) is 28.3 Å². The van der Waals surface area contributed by atoms with Crippen molar-refractivity contribution in [2.45, 2.75) is 19.4 Å². The van der Waals surface area contributed by atoms with Gasteiger partial charge in [0, 0.05) is 25.2 Å². The Morgan fingerprint density at radius 3 is 3.00 bits per heavy atom. The molecule has 1 aromatic heterocycles. The normalized spacial score (nSPS) is 16.6. The van der Waals surface area contributed by atoms with E-state index in [1.807, 2.05) is 31.3 Å². The van der Waals surface area contributed by atoms with Crippen molar-refractivity contribution in [3.8, 4) is 5.75 Å². The summed E-state index contributed by atoms with van der Waals surface area (Å²) in [6, 6.07) is 7.97. The van der Waals surface area contributed by atoms with Crippen molar-refractivity contribution in [3.05, 3.63) is 47.3 Å². The first-order chi connectivity index (χ1) is 9.63. The van der Waals surface area contributed by atoms with Gasteiger partial charge in [0.15, 0.2) is 5.69 Å². The van der Waals surface area contributed by atoms with Gasteiger partial charge in [-0.3, -0.25) is 9.48 Å². The SMILES string of the molecule is Cc1cn(C)nc1C(=O)NCC1Cc2ccccc2O1. The quantitative estimate of drug-likeness (QED) is 0.919. The summed E-state index contributed by atoms with van der Waals surface area (Å²) in [6.45, 7) is 2.37. The predicted octanol–water partition coefficient (Wildman–Crippen LogP) is 1.46. The predicted molar refractivity (Wildman–Crippen MR) is 74.8 cm³/mol. The highest BCUT2D eigenvalue weighted by Gasteiger charge is 2.23. The molecule has 5 nitrogen and oxygen atoms in total. The van der Waals surface area contributed by atoms with Crippen LogP contribution in [0.15, 0.2) is 30.5 Å². The minimum Gasteiger partial charge on any atom is -0.488 e. The summed E-state index contributed by atoms with van der Waals surface area (Å²) < 4.78 is 7.43. The molecule has 104 valence electrons. The Labute approximate surface area is 117 Å². The highest BCUT2D eigenvalue weighted by Crippen LogP contribution is 2.27. The molecular weight excluding hydrogens is 254 g/mol. The second-order valence-electron chi connectivity index (χ2n) is 5.10. The average Bonchev–Trinajstić information content (AvgIpc) is 2.98. The maximum Gasteiger partial charge on any atom is 0.272 e. The minimum atomic E-state index is -0.150. The van der Waals surface area contributed by atoms with Gasteiger partial charge in [0.05, 0.1) is 6.54 Å². The summed E-state index contributed by atoms with van der Waals surface area (Å²) in [6.07, 6.45) is 2.66. The first-order valence-corrected chi connectivity index (χ1v) is 6.66. The second kappa shape index (κ2) is 5.00. The third-order valence-electron chi connectivity index (χ3n) is 3.43. The topological polar surface area (TPSA) is 56.2 Å². The lowest BCUT2D eigenvalue weighted by Crippen LogP contribution is -2.35. The fraction of sp³-hybridized carbons (Fsp3) is 0.333. The molecule has 0 bridgehead atoms. The van der Waals surface area contributed by atoms with Crippen molar-refractivity contribution >= 4 is 5.91 Å². The molecule has 2 heterocycles. The highest BCUT2D eigenvalue weighted by atomic mass is 16.5. The Bertz CT molecular complexity index is 623. The van der Waals surface area contributed by atoms with Crippen LogP contribution >= 0.6 is 0 Å². The van der Waals surface area contributed by atoms with Crippen LogP contribution in [-0.2, 0) is 13.5 Å². The molecule has 0 fully saturated rings. The van der Waals surface area contributed by atoms with E-state index in [9.17, 15) is 4.79 Å². The van der Waals surface area contributed by atoms with Crippen LogP contribution in [0.25, 0.3) is 0 Å². The van der Waals surface area contributed by atoms with Gasteiger partial charge in [-0.15, -0.1) is 0 Å². The number of nitrogens with zero attached hydrogens (tertiary/aromatic N) is 2. The number of carbonyl (C=O) groups excluding carboxylic acids is 1. The fourth-order valence-corrected chi connectivity index (χ4v) is 2.49. The van der Waals surface area contributed by atoms with Gasteiger partial charge < -0.3 is 10.1 Å². The molecule has 1 aromatic carbocycles. The van der Waals surface area contributed by atoms with Gasteiger partial charge in [-0.2, -0.15) is 5.10 Å². The van der Waals surface area contributed by atoms with E-state index < -0.39 is 0 Å². The Morgan fingerprint density at radius 2 is 2.30 bits per heavy atom. The summed E-state index contributed by atoms with van der Waals surface area (Å²) in [5, 5.41) is 7.05. The zero-order valence-electron chi connectivity index (χ0n) is 11.6. The number of carbonyl (C=O) groups is 1. The van der Waals surface area contributed by atoms with Crippen molar-refractivity contribution in [1.82, 2.24) is 15.1 Å². The summed E-state index contributed by atoms with van der Waals surface area (Å²) >= 11 is 0. The average molecular weight is 271 g/mol. The van der Waals surface area contributed by atoms with Crippen LogP contribution < -0.4 is 10.1 Å². The summed E-state index contributed by atoms with van der Waals surface area (Å²) in [5.41, 5.74) is 2.55. The molecule has 0 spiro atoms. The molecule has 1 unspecified atom stereocenters. The van der Waals surface area contributed by atoms with E-state index in [-0.39, 0.29) is 12.0 Å². The fourth-order valence-electron chi connectivity index (χ4n) is 2.49. The molecule has 0 saturated heterocycles. The van der Waals surface area contributed by atoms with Gasteiger partial charge in [-0.1, -0.05) is 18.2 Å². The first-order valence-electron chi connectivity index (χ1n) is 6.66. The molecule has 1 aliphatic heterocycles. The Kier molecular flexibility index (Phi) is 3.18. The Morgan fingerprint density at radius 1 is 1.50 bits per heavy atom. The van der Waals surface area contributed by atoms with Gasteiger partial charge in [-0.05, 0) is 18.6 Å². The minimum absolute atomic E-state index is 0.000341. The van der Waals surface area contributed by atoms with E-state index in [2.05, 4.69) is 16.5 Å². The van der Waals surface area contributed by atoms with E-state index >= 15 is 0 Å². The van der Waals surface area contributed by atoms with Crippen molar-refractivity contribution in [2.75, 3.05) is 6.54 Å². The number of hydrogen-bond donors (Lipinski definition) is 1. The number of ether oxygens (including phenoxy) is 1. The molecule has 1 aliphatic rings. The number of aromatic nitrogens is 2. The van der Waals surface area contributed by atoms with E-state index in [1.165, 1.54) is 5.56 Å².